The maximum absolute atomic E-state index is 13.2. The number of nitrogen functional groups attached to an aromatic ring is 6. The number of piperidine rings is 1. The number of aliphatic imine (C=N–C) groups is 4. The molecule has 0 atom stereocenters. The molecule has 0 aromatic heterocycles. The van der Waals surface area contributed by atoms with E-state index in [-0.39, 0.29) is 23.1 Å². The van der Waals surface area contributed by atoms with Gasteiger partial charge in [0.15, 0.2) is 5.78 Å². The fourth-order valence-corrected chi connectivity index (χ4v) is 17.1. The quantitative estimate of drug-likeness (QED) is 0.0223. The van der Waals surface area contributed by atoms with Crippen LogP contribution in [0.25, 0.3) is 0 Å². The lowest BCUT2D eigenvalue weighted by atomic mass is 9.91. The fourth-order valence-electron chi connectivity index (χ4n) is 17.1. The Morgan fingerprint density at radius 3 is 1.09 bits per heavy atom. The lowest BCUT2D eigenvalue weighted by Crippen LogP contribution is -2.39. The van der Waals surface area contributed by atoms with Crippen LogP contribution in [-0.2, 0) is 30.3 Å². The third-order valence-electron chi connectivity index (χ3n) is 26.7. The molecule has 0 amide bonds. The van der Waals surface area contributed by atoms with Gasteiger partial charge in [-0.3, -0.25) is 19.2 Å². The Hall–Kier alpha value is -14.0. The molecule has 696 valence electrons. The van der Waals surface area contributed by atoms with Crippen LogP contribution in [0.2, 0.25) is 0 Å². The van der Waals surface area contributed by atoms with E-state index in [1.54, 1.807) is 31.4 Å². The van der Waals surface area contributed by atoms with E-state index in [1.807, 2.05) is 192 Å². The van der Waals surface area contributed by atoms with Crippen molar-refractivity contribution in [3.05, 3.63) is 288 Å². The molecule has 0 radical (unpaired) electrons. The summed E-state index contributed by atoms with van der Waals surface area (Å²) < 4.78 is 5.56. The average Bonchev–Trinajstić information content (AvgIpc) is 1.67. The third-order valence-corrected chi connectivity index (χ3v) is 26.7. The smallest absolute Gasteiger partial charge is 0.204 e. The van der Waals surface area contributed by atoms with E-state index >= 15 is 0 Å². The van der Waals surface area contributed by atoms with Crippen LogP contribution < -0.4 is 65.5 Å². The summed E-state index contributed by atoms with van der Waals surface area (Å²) >= 11 is 0. The van der Waals surface area contributed by atoms with Crippen LogP contribution in [0.5, 0.6) is 0 Å². The SMILES string of the molecule is CCN(c1ccc(N=C2C=C(Nc3ccc(N(CC)C(C)C)cc3)C(=O)C=C2N2CCOCC2)cc1)C(C)C.CNC1=CC(=O)C(Cc2ccc(N)c(C)c2C)=CC1=Nc1ccc(N)c(C)c1C.Cc1c(N)ccc(N=C2C=C(Nc3ccc(N)c(C)c3C)C(=O)C=C2N2CCCC2)c1C.Cc1c(N)ccc(N=C2C=C(Nc3ccc(N)c(C)c3C)C(=O)C=C2N2CCCCC2)c1C. The highest BCUT2D eigenvalue weighted by Gasteiger charge is 2.31. The highest BCUT2D eigenvalue weighted by atomic mass is 16.5. The molecule has 0 spiro atoms. The van der Waals surface area contributed by atoms with Gasteiger partial charge in [-0.05, 0) is 369 Å². The molecule has 7 aliphatic rings. The lowest BCUT2D eigenvalue weighted by molar-refractivity contribution is -0.112. The molecule has 4 aliphatic carbocycles. The van der Waals surface area contributed by atoms with E-state index in [0.717, 1.165) is 264 Å². The average molecular weight is 1790 g/mol. The molecule has 16 N–H and O–H groups in total. The van der Waals surface area contributed by atoms with Gasteiger partial charge in [-0.2, -0.15) is 0 Å². The van der Waals surface area contributed by atoms with Crippen molar-refractivity contribution in [1.82, 2.24) is 20.0 Å². The molecule has 8 aromatic rings. The number of benzene rings is 8. The molecular weight excluding hydrogens is 1660 g/mol. The maximum atomic E-state index is 13.2. The van der Waals surface area contributed by atoms with Crippen LogP contribution in [0.3, 0.4) is 0 Å². The Kier molecular flexibility index (Phi) is 32.3. The molecule has 3 heterocycles. The van der Waals surface area contributed by atoms with Crippen molar-refractivity contribution in [1.29, 1.82) is 0 Å². The van der Waals surface area contributed by atoms with Gasteiger partial charge < -0.3 is 84.9 Å². The summed E-state index contributed by atoms with van der Waals surface area (Å²) in [5.41, 5.74) is 71.3. The second-order valence-electron chi connectivity index (χ2n) is 35.6. The predicted molar refractivity (Wildman–Crippen MR) is 556 cm³/mol. The number of carbonyl (C=O) groups is 4. The van der Waals surface area contributed by atoms with Crippen LogP contribution in [0.4, 0.5) is 85.3 Å². The van der Waals surface area contributed by atoms with Crippen molar-refractivity contribution in [3.63, 3.8) is 0 Å². The van der Waals surface area contributed by atoms with Crippen molar-refractivity contribution < 1.29 is 23.9 Å². The molecule has 133 heavy (non-hydrogen) atoms. The first kappa shape index (κ1) is 98.0. The zero-order chi connectivity index (χ0) is 95.9. The number of anilines is 11. The number of hydrogen-bond acceptors (Lipinski definition) is 24. The molecule has 0 saturated carbocycles. The van der Waals surface area contributed by atoms with Crippen molar-refractivity contribution in [2.45, 2.75) is 175 Å². The number of nitrogens with two attached hydrogens (primary N) is 6. The number of hydrogen-bond donors (Lipinski definition) is 10. The molecule has 3 aliphatic heterocycles. The van der Waals surface area contributed by atoms with Gasteiger partial charge in [0.1, 0.15) is 0 Å². The Bertz CT molecular complexity index is 6170. The summed E-state index contributed by atoms with van der Waals surface area (Å²) in [6.07, 6.45) is 20.5. The van der Waals surface area contributed by atoms with Crippen LogP contribution in [0, 0.1) is 83.1 Å². The largest absolute Gasteiger partial charge is 0.399 e. The summed E-state index contributed by atoms with van der Waals surface area (Å²) in [5.74, 6) is -0.159. The Labute approximate surface area is 786 Å². The summed E-state index contributed by atoms with van der Waals surface area (Å²) in [7, 11) is 1.79. The molecule has 8 aromatic carbocycles. The van der Waals surface area contributed by atoms with Crippen molar-refractivity contribution in [2.75, 3.05) is 133 Å². The number of rotatable bonds is 22. The highest BCUT2D eigenvalue weighted by Crippen LogP contribution is 2.38. The summed E-state index contributed by atoms with van der Waals surface area (Å²) in [5, 5.41) is 13.1. The minimum Gasteiger partial charge on any atom is -0.399 e. The van der Waals surface area contributed by atoms with E-state index in [9.17, 15) is 19.2 Å². The van der Waals surface area contributed by atoms with Gasteiger partial charge in [0, 0.05) is 170 Å². The first-order chi connectivity index (χ1) is 63.5. The van der Waals surface area contributed by atoms with Crippen molar-refractivity contribution >= 4 is 131 Å². The van der Waals surface area contributed by atoms with Gasteiger partial charge >= 0.3 is 0 Å². The van der Waals surface area contributed by atoms with E-state index in [0.29, 0.717) is 60.1 Å². The molecule has 24 nitrogen and oxygen atoms in total. The number of likely N-dealkylation sites (tertiary alicyclic amines) is 2. The number of ketones is 4. The van der Waals surface area contributed by atoms with Gasteiger partial charge in [-0.1, -0.05) is 6.07 Å². The Balaban J connectivity index is 0.000000161. The van der Waals surface area contributed by atoms with Gasteiger partial charge in [0.05, 0.1) is 98.7 Å². The standard InChI is InChI=1S/C32H43N5O2.C27H33N5O.C26H31N5O.C24H28N4O/c1-7-36(23(3)4)27-13-9-25(10-14-27)33-29-21-30(32(38)22-31(29)35-17-19-39-20-18-35)34-26-11-15-28(16-12-26)37(8-2)24(5)6;1-16-18(3)22(10-8-20(16)28)30-24-14-25(31-23-11-9-21(29)17(2)19(23)4)27(33)15-26(24)32-12-6-5-7-13-32;1-15-17(3)21(9-7-19(15)27)29-23-13-24(26(32)14-25(23)31-11-5-6-12-31)30-22-10-8-20(28)16(2)18(22)4;1-13-14(2)19(25)7-6-17(13)10-18-11-23(22(27-5)12-24(18)29)28-21-9-8-20(26)15(3)16(21)4/h9-16,21-24,34H,7-8,17-20H2,1-6H3;8-11,14-15,31H,5-7,12-13,28-29H2,1-4H3;7-10,13-14,30H,5-6,11-12,27-28H2,1-4H3;6-9,11-12,27H,10,25-26H2,1-5H3. The number of morpholine rings is 1. The van der Waals surface area contributed by atoms with E-state index in [1.165, 1.54) is 17.8 Å². The second kappa shape index (κ2) is 43.8. The van der Waals surface area contributed by atoms with E-state index < -0.39 is 0 Å². The Morgan fingerprint density at radius 2 is 0.692 bits per heavy atom. The van der Waals surface area contributed by atoms with Crippen LogP contribution in [0.1, 0.15) is 146 Å². The molecule has 3 fully saturated rings. The molecule has 0 unspecified atom stereocenters. The number of carbonyl (C=O) groups excluding carboxylic acids is 4. The van der Waals surface area contributed by atoms with Crippen molar-refractivity contribution in [2.24, 2.45) is 20.0 Å². The Morgan fingerprint density at radius 1 is 0.346 bits per heavy atom. The number of allylic oxidation sites excluding steroid dienone is 9. The second-order valence-corrected chi connectivity index (χ2v) is 35.6. The first-order valence-corrected chi connectivity index (χ1v) is 46.5. The van der Waals surface area contributed by atoms with E-state index in [4.69, 9.17) is 59.1 Å². The first-order valence-electron chi connectivity index (χ1n) is 46.5. The molecule has 3 saturated heterocycles. The molecule has 15 rings (SSSR count). The monoisotopic (exact) mass is 1790 g/mol. The molecular formula is C109H135N19O5. The minimum atomic E-state index is -0.0530. The van der Waals surface area contributed by atoms with Crippen molar-refractivity contribution in [3.8, 4) is 0 Å². The third kappa shape index (κ3) is 23.3. The number of nitrogens with zero attached hydrogens (tertiary/aromatic N) is 9. The normalized spacial score (nSPS) is 17.0. The number of nitrogens with one attached hydrogen (secondary N) is 4. The van der Waals surface area contributed by atoms with Gasteiger partial charge in [-0.25, -0.2) is 20.0 Å². The topological polar surface area (TPSA) is 347 Å². The van der Waals surface area contributed by atoms with Gasteiger partial charge in [0.25, 0.3) is 0 Å². The zero-order valence-corrected chi connectivity index (χ0v) is 81.2. The van der Waals surface area contributed by atoms with Gasteiger partial charge in [0.2, 0.25) is 17.3 Å². The lowest BCUT2D eigenvalue weighted by Gasteiger charge is -2.32. The number of ether oxygens (including phenoxy) is 1. The van der Waals surface area contributed by atoms with Crippen LogP contribution in [-0.4, -0.2) is 145 Å². The van der Waals surface area contributed by atoms with E-state index in [2.05, 4.69) is 124 Å². The van der Waals surface area contributed by atoms with Gasteiger partial charge in [-0.15, -0.1) is 0 Å². The summed E-state index contributed by atoms with van der Waals surface area (Å²) in [6, 6.07) is 40.3. The molecule has 24 heteroatoms. The summed E-state index contributed by atoms with van der Waals surface area (Å²) in [6.45, 7) is 45.6. The van der Waals surface area contributed by atoms with Crippen LogP contribution >= 0.6 is 0 Å². The highest BCUT2D eigenvalue weighted by molar-refractivity contribution is 6.26. The van der Waals surface area contributed by atoms with Crippen LogP contribution in [0.15, 0.2) is 235 Å². The predicted octanol–water partition coefficient (Wildman–Crippen LogP) is 19.9. The molecule has 0 bridgehead atoms. The zero-order valence-electron chi connectivity index (χ0n) is 81.2. The fraction of sp³-hybridized carbons (Fsp3) is 0.339. The maximum Gasteiger partial charge on any atom is 0.204 e. The summed E-state index contributed by atoms with van der Waals surface area (Å²) in [4.78, 5) is 83.4. The minimum absolute atomic E-state index is 0.00705.